The zero-order valence-corrected chi connectivity index (χ0v) is 15.3. The van der Waals surface area contributed by atoms with Gasteiger partial charge in [0.25, 0.3) is 11.8 Å². The maximum Gasteiger partial charge on any atom is 0.292 e. The van der Waals surface area contributed by atoms with Crippen molar-refractivity contribution in [2.75, 3.05) is 23.4 Å². The van der Waals surface area contributed by atoms with E-state index in [1.807, 2.05) is 19.9 Å². The summed E-state index contributed by atoms with van der Waals surface area (Å²) in [5, 5.41) is 4.69. The van der Waals surface area contributed by atoms with Gasteiger partial charge < -0.3 is 4.90 Å². The van der Waals surface area contributed by atoms with Crippen LogP contribution in [0.1, 0.15) is 24.2 Å². The van der Waals surface area contributed by atoms with Crippen molar-refractivity contribution in [1.82, 2.24) is 4.90 Å². The first-order valence-corrected chi connectivity index (χ1v) is 8.76. The number of hydrogen-bond donors (Lipinski definition) is 1. The van der Waals surface area contributed by atoms with E-state index in [0.29, 0.717) is 35.1 Å². The number of amides is 2. The molecule has 1 aliphatic rings. The number of para-hydroxylation sites is 1. The minimum absolute atomic E-state index is 0.0252. The maximum absolute atomic E-state index is 13.3. The third kappa shape index (κ3) is 3.28. The van der Waals surface area contributed by atoms with Crippen molar-refractivity contribution in [3.63, 3.8) is 0 Å². The predicted octanol–water partition coefficient (Wildman–Crippen LogP) is 3.59. The monoisotopic (exact) mass is 370 g/mol. The molecular weight excluding hydrogens is 352 g/mol. The third-order valence-electron chi connectivity index (χ3n) is 4.17. The number of anilines is 2. The second-order valence-electron chi connectivity index (χ2n) is 5.69. The molecule has 0 aliphatic carbocycles. The van der Waals surface area contributed by atoms with E-state index in [-0.39, 0.29) is 17.6 Å². The summed E-state index contributed by atoms with van der Waals surface area (Å²) in [4.78, 5) is 29.2. The number of amidine groups is 1. The molecule has 0 unspecified atom stereocenters. The van der Waals surface area contributed by atoms with Crippen LogP contribution < -0.4 is 10.3 Å². The number of hydrogen-bond acceptors (Lipinski definition) is 4. The number of halogens is 1. The summed E-state index contributed by atoms with van der Waals surface area (Å²) < 4.78 is 0. The molecule has 7 heteroatoms. The van der Waals surface area contributed by atoms with Gasteiger partial charge in [0.15, 0.2) is 0 Å². The van der Waals surface area contributed by atoms with Crippen LogP contribution >= 0.6 is 11.6 Å². The normalized spacial score (nSPS) is 13.4. The topological polar surface area (TPSA) is 65.0 Å². The molecule has 1 aliphatic heterocycles. The molecule has 0 spiro atoms. The van der Waals surface area contributed by atoms with E-state index >= 15 is 0 Å². The van der Waals surface area contributed by atoms with Crippen LogP contribution in [0.5, 0.6) is 0 Å². The molecule has 0 radical (unpaired) electrons. The number of nitrogens with one attached hydrogen (secondary N) is 1. The van der Waals surface area contributed by atoms with Gasteiger partial charge in [-0.1, -0.05) is 29.8 Å². The Morgan fingerprint density at radius 2 is 1.85 bits per heavy atom. The van der Waals surface area contributed by atoms with Crippen LogP contribution in [0.2, 0.25) is 5.02 Å². The molecule has 2 aromatic rings. The van der Waals surface area contributed by atoms with Gasteiger partial charge in [0, 0.05) is 18.1 Å². The van der Waals surface area contributed by atoms with Crippen molar-refractivity contribution < 1.29 is 9.59 Å². The van der Waals surface area contributed by atoms with Crippen molar-refractivity contribution in [3.8, 4) is 0 Å². The van der Waals surface area contributed by atoms with Gasteiger partial charge in [-0.3, -0.25) is 19.9 Å². The first kappa shape index (κ1) is 17.9. The van der Waals surface area contributed by atoms with Crippen LogP contribution in [-0.2, 0) is 4.79 Å². The van der Waals surface area contributed by atoms with E-state index in [9.17, 15) is 9.59 Å². The van der Waals surface area contributed by atoms with E-state index in [0.717, 1.165) is 0 Å². The van der Waals surface area contributed by atoms with E-state index in [1.165, 1.54) is 4.90 Å². The molecule has 2 aromatic carbocycles. The Morgan fingerprint density at radius 1 is 1.15 bits per heavy atom. The number of nitrogens with zero attached hydrogens (tertiary/aromatic N) is 3. The number of hydrazone groups is 1. The second-order valence-corrected chi connectivity index (χ2v) is 6.13. The Hall–Kier alpha value is -2.86. The van der Waals surface area contributed by atoms with Crippen molar-refractivity contribution in [3.05, 3.63) is 59.1 Å². The van der Waals surface area contributed by atoms with Crippen molar-refractivity contribution in [1.29, 1.82) is 0 Å². The lowest BCUT2D eigenvalue weighted by atomic mass is 10.1. The van der Waals surface area contributed by atoms with Crippen molar-refractivity contribution >= 4 is 40.6 Å². The number of fused-ring (bicyclic) bond motifs is 1. The van der Waals surface area contributed by atoms with Gasteiger partial charge in [0.1, 0.15) is 0 Å². The summed E-state index contributed by atoms with van der Waals surface area (Å²) in [6.07, 6.45) is 0. The molecule has 26 heavy (non-hydrogen) atoms. The summed E-state index contributed by atoms with van der Waals surface area (Å²) in [6, 6.07) is 13.9. The van der Waals surface area contributed by atoms with Crippen LogP contribution in [0.15, 0.2) is 53.6 Å². The zero-order chi connectivity index (χ0) is 18.7. The van der Waals surface area contributed by atoms with Crippen LogP contribution in [0.25, 0.3) is 0 Å². The predicted molar refractivity (Wildman–Crippen MR) is 104 cm³/mol. The molecule has 1 heterocycles. The SMILES string of the molecule is CCN(CC)C(=O)C1=NNc2ccc(Cl)cc2C(=O)N1c1ccccc1. The highest BCUT2D eigenvalue weighted by Crippen LogP contribution is 2.28. The molecule has 0 saturated heterocycles. The Morgan fingerprint density at radius 3 is 2.50 bits per heavy atom. The summed E-state index contributed by atoms with van der Waals surface area (Å²) in [5.74, 6) is -0.659. The third-order valence-corrected chi connectivity index (χ3v) is 4.40. The molecule has 0 bridgehead atoms. The van der Waals surface area contributed by atoms with Crippen LogP contribution in [-0.4, -0.2) is 35.6 Å². The number of benzene rings is 2. The van der Waals surface area contributed by atoms with Gasteiger partial charge in [0.2, 0.25) is 5.84 Å². The van der Waals surface area contributed by atoms with Crippen LogP contribution in [0.3, 0.4) is 0 Å². The number of rotatable bonds is 4. The van der Waals surface area contributed by atoms with Gasteiger partial charge in [-0.25, -0.2) is 0 Å². The fraction of sp³-hybridized carbons (Fsp3) is 0.211. The van der Waals surface area contributed by atoms with Gasteiger partial charge in [-0.05, 0) is 44.2 Å². The van der Waals surface area contributed by atoms with E-state index in [4.69, 9.17) is 11.6 Å². The van der Waals surface area contributed by atoms with Crippen molar-refractivity contribution in [2.24, 2.45) is 5.10 Å². The number of carbonyl (C=O) groups excluding carboxylic acids is 2. The smallest absolute Gasteiger partial charge is 0.292 e. The highest BCUT2D eigenvalue weighted by molar-refractivity contribution is 6.49. The fourth-order valence-electron chi connectivity index (χ4n) is 2.78. The highest BCUT2D eigenvalue weighted by Gasteiger charge is 2.33. The van der Waals surface area contributed by atoms with Gasteiger partial charge in [-0.2, -0.15) is 5.10 Å². The first-order chi connectivity index (χ1) is 12.6. The molecule has 134 valence electrons. The molecule has 1 N–H and O–H groups in total. The largest absolute Gasteiger partial charge is 0.336 e. The molecule has 0 saturated carbocycles. The minimum atomic E-state index is -0.363. The molecule has 2 amide bonds. The summed E-state index contributed by atoms with van der Waals surface area (Å²) in [7, 11) is 0. The van der Waals surface area contributed by atoms with Crippen LogP contribution in [0.4, 0.5) is 11.4 Å². The Bertz CT molecular complexity index is 863. The minimum Gasteiger partial charge on any atom is -0.336 e. The Kier molecular flexibility index (Phi) is 5.23. The molecule has 0 aromatic heterocycles. The second kappa shape index (κ2) is 7.58. The van der Waals surface area contributed by atoms with E-state index < -0.39 is 0 Å². The molecule has 3 rings (SSSR count). The quantitative estimate of drug-likeness (QED) is 0.894. The van der Waals surface area contributed by atoms with E-state index in [2.05, 4.69) is 10.5 Å². The summed E-state index contributed by atoms with van der Waals surface area (Å²) in [5.41, 5.74) is 4.25. The molecule has 0 atom stereocenters. The lowest BCUT2D eigenvalue weighted by molar-refractivity contribution is -0.123. The van der Waals surface area contributed by atoms with Gasteiger partial charge in [-0.15, -0.1) is 0 Å². The van der Waals surface area contributed by atoms with Gasteiger partial charge in [0.05, 0.1) is 16.9 Å². The van der Waals surface area contributed by atoms with Crippen molar-refractivity contribution in [2.45, 2.75) is 13.8 Å². The van der Waals surface area contributed by atoms with Gasteiger partial charge >= 0.3 is 0 Å². The molecule has 6 nitrogen and oxygen atoms in total. The number of carbonyl (C=O) groups is 2. The zero-order valence-electron chi connectivity index (χ0n) is 14.6. The lowest BCUT2D eigenvalue weighted by Crippen LogP contribution is -2.47. The average molecular weight is 371 g/mol. The lowest BCUT2D eigenvalue weighted by Gasteiger charge is -2.26. The summed E-state index contributed by atoms with van der Waals surface area (Å²) in [6.45, 7) is 4.80. The maximum atomic E-state index is 13.3. The molecular formula is C19H19ClN4O2. The standard InChI is InChI=1S/C19H19ClN4O2/c1-3-23(4-2)19(26)17-22-21-16-11-10-13(20)12-15(16)18(25)24(17)14-8-6-5-7-9-14/h5-12,21H,3-4H2,1-2H3. The Labute approximate surface area is 157 Å². The van der Waals surface area contributed by atoms with E-state index in [1.54, 1.807) is 47.4 Å². The average Bonchev–Trinajstić information content (AvgIpc) is 2.80. The summed E-state index contributed by atoms with van der Waals surface area (Å²) >= 11 is 6.07. The van der Waals surface area contributed by atoms with Crippen LogP contribution in [0, 0.1) is 0 Å². The Balaban J connectivity index is 2.15. The fourth-order valence-corrected chi connectivity index (χ4v) is 2.96. The molecule has 0 fully saturated rings. The first-order valence-electron chi connectivity index (χ1n) is 8.38. The number of likely N-dealkylation sites (N-methyl/N-ethyl adjacent to an activating group) is 1. The highest BCUT2D eigenvalue weighted by atomic mass is 35.5.